The zero-order chi connectivity index (χ0) is 14.9. The summed E-state index contributed by atoms with van der Waals surface area (Å²) >= 11 is 5.78. The highest BCUT2D eigenvalue weighted by molar-refractivity contribution is 6.17. The molecule has 108 valence electrons. The number of carbonyl (C=O) groups is 1. The fourth-order valence-electron chi connectivity index (χ4n) is 2.07. The van der Waals surface area contributed by atoms with Crippen molar-refractivity contribution in [1.29, 1.82) is 0 Å². The Balaban J connectivity index is 2.55. The van der Waals surface area contributed by atoms with E-state index in [1.807, 2.05) is 4.57 Å². The first-order valence-electron chi connectivity index (χ1n) is 6.35. The van der Waals surface area contributed by atoms with Crippen molar-refractivity contribution in [1.82, 2.24) is 9.55 Å². The third kappa shape index (κ3) is 2.77. The number of primary amides is 1. The average Bonchev–Trinajstić information content (AvgIpc) is 2.67. The number of imidazole rings is 1. The summed E-state index contributed by atoms with van der Waals surface area (Å²) in [6.45, 7) is 3.85. The highest BCUT2D eigenvalue weighted by Crippen LogP contribution is 2.24. The second-order valence-corrected chi connectivity index (χ2v) is 5.81. The summed E-state index contributed by atoms with van der Waals surface area (Å²) < 4.78 is 15.3. The monoisotopic (exact) mass is 297 g/mol. The molecule has 1 aromatic heterocycles. The van der Waals surface area contributed by atoms with Crippen LogP contribution in [0.5, 0.6) is 0 Å². The van der Waals surface area contributed by atoms with Crippen molar-refractivity contribution in [2.24, 2.45) is 11.1 Å². The van der Waals surface area contributed by atoms with Gasteiger partial charge in [-0.3, -0.25) is 4.79 Å². The number of halogens is 2. The van der Waals surface area contributed by atoms with Gasteiger partial charge in [-0.1, -0.05) is 0 Å². The van der Waals surface area contributed by atoms with Crippen LogP contribution < -0.4 is 5.73 Å². The van der Waals surface area contributed by atoms with E-state index in [9.17, 15) is 9.18 Å². The first-order valence-corrected chi connectivity index (χ1v) is 6.89. The molecule has 20 heavy (non-hydrogen) atoms. The molecule has 1 heterocycles. The molecule has 0 aliphatic heterocycles. The third-order valence-electron chi connectivity index (χ3n) is 3.33. The van der Waals surface area contributed by atoms with Gasteiger partial charge in [-0.15, -0.1) is 11.6 Å². The van der Waals surface area contributed by atoms with Crippen LogP contribution in [-0.2, 0) is 17.8 Å². The molecule has 0 bridgehead atoms. The van der Waals surface area contributed by atoms with Crippen LogP contribution in [0.25, 0.3) is 11.0 Å². The standard InChI is InChI=1S/C14H17ClFN3O/c1-14(2,13(17)20)8-19-11-7-9(16)3-4-10(11)18-12(19)5-6-15/h3-4,7H,5-6,8H2,1-2H3,(H2,17,20). The lowest BCUT2D eigenvalue weighted by atomic mass is 9.92. The van der Waals surface area contributed by atoms with Gasteiger partial charge in [0.05, 0.1) is 16.4 Å². The van der Waals surface area contributed by atoms with E-state index < -0.39 is 11.3 Å². The SMILES string of the molecule is CC(C)(Cn1c(CCCl)nc2ccc(F)cc21)C(N)=O. The molecule has 0 radical (unpaired) electrons. The minimum atomic E-state index is -0.749. The van der Waals surface area contributed by atoms with E-state index in [1.165, 1.54) is 12.1 Å². The largest absolute Gasteiger partial charge is 0.369 e. The average molecular weight is 298 g/mol. The maximum absolute atomic E-state index is 13.4. The Hall–Kier alpha value is -1.62. The van der Waals surface area contributed by atoms with Crippen LogP contribution in [0.1, 0.15) is 19.7 Å². The van der Waals surface area contributed by atoms with E-state index in [0.717, 1.165) is 5.82 Å². The molecule has 0 fully saturated rings. The number of hydrogen-bond acceptors (Lipinski definition) is 2. The van der Waals surface area contributed by atoms with Crippen molar-refractivity contribution in [2.75, 3.05) is 5.88 Å². The lowest BCUT2D eigenvalue weighted by Crippen LogP contribution is -2.35. The van der Waals surface area contributed by atoms with Gasteiger partial charge in [-0.2, -0.15) is 0 Å². The topological polar surface area (TPSA) is 60.9 Å². The number of aryl methyl sites for hydroxylation is 1. The van der Waals surface area contributed by atoms with Crippen molar-refractivity contribution < 1.29 is 9.18 Å². The number of nitrogens with zero attached hydrogens (tertiary/aromatic N) is 2. The number of amides is 1. The highest BCUT2D eigenvalue weighted by atomic mass is 35.5. The van der Waals surface area contributed by atoms with E-state index in [2.05, 4.69) is 4.98 Å². The van der Waals surface area contributed by atoms with Gasteiger partial charge < -0.3 is 10.3 Å². The quantitative estimate of drug-likeness (QED) is 0.862. The maximum atomic E-state index is 13.4. The summed E-state index contributed by atoms with van der Waals surface area (Å²) in [7, 11) is 0. The number of carbonyl (C=O) groups excluding carboxylic acids is 1. The third-order valence-corrected chi connectivity index (χ3v) is 3.52. The zero-order valence-electron chi connectivity index (χ0n) is 11.5. The number of benzene rings is 1. The van der Waals surface area contributed by atoms with Crippen LogP contribution in [0.15, 0.2) is 18.2 Å². The van der Waals surface area contributed by atoms with Crippen molar-refractivity contribution in [2.45, 2.75) is 26.8 Å². The van der Waals surface area contributed by atoms with Gasteiger partial charge in [-0.25, -0.2) is 9.37 Å². The predicted molar refractivity (Wildman–Crippen MR) is 77.1 cm³/mol. The van der Waals surface area contributed by atoms with Gasteiger partial charge in [0.2, 0.25) is 5.91 Å². The molecule has 0 atom stereocenters. The highest BCUT2D eigenvalue weighted by Gasteiger charge is 2.27. The summed E-state index contributed by atoms with van der Waals surface area (Å²) in [6.07, 6.45) is 0.548. The smallest absolute Gasteiger partial charge is 0.224 e. The molecule has 6 heteroatoms. The second-order valence-electron chi connectivity index (χ2n) is 5.43. The Morgan fingerprint density at radius 3 is 2.80 bits per heavy atom. The minimum absolute atomic E-state index is 0.340. The molecule has 0 unspecified atom stereocenters. The number of hydrogen-bond donors (Lipinski definition) is 1. The van der Waals surface area contributed by atoms with Crippen LogP contribution in [0.4, 0.5) is 4.39 Å². The van der Waals surface area contributed by atoms with E-state index in [-0.39, 0.29) is 5.82 Å². The Bertz CT molecular complexity index is 651. The van der Waals surface area contributed by atoms with Crippen molar-refractivity contribution in [3.05, 3.63) is 29.8 Å². The van der Waals surface area contributed by atoms with Gasteiger partial charge in [0.15, 0.2) is 0 Å². The molecule has 4 nitrogen and oxygen atoms in total. The Morgan fingerprint density at radius 1 is 1.50 bits per heavy atom. The summed E-state index contributed by atoms with van der Waals surface area (Å²) in [5.74, 6) is 0.387. The van der Waals surface area contributed by atoms with Crippen LogP contribution in [0.3, 0.4) is 0 Å². The molecule has 0 aliphatic rings. The first kappa shape index (κ1) is 14.8. The second kappa shape index (κ2) is 5.40. The number of alkyl halides is 1. The lowest BCUT2D eigenvalue weighted by Gasteiger charge is -2.22. The van der Waals surface area contributed by atoms with Gasteiger partial charge in [0, 0.05) is 18.8 Å². The number of rotatable bonds is 5. The van der Waals surface area contributed by atoms with E-state index in [4.69, 9.17) is 17.3 Å². The van der Waals surface area contributed by atoms with Crippen LogP contribution in [0, 0.1) is 11.2 Å². The molecule has 0 saturated carbocycles. The molecule has 2 N–H and O–H groups in total. The van der Waals surface area contributed by atoms with E-state index in [0.29, 0.717) is 29.9 Å². The van der Waals surface area contributed by atoms with Crippen LogP contribution in [-0.4, -0.2) is 21.3 Å². The molecule has 0 spiro atoms. The number of nitrogens with two attached hydrogens (primary N) is 1. The maximum Gasteiger partial charge on any atom is 0.224 e. The molecule has 2 aromatic rings. The Kier molecular flexibility index (Phi) is 3.99. The van der Waals surface area contributed by atoms with Gasteiger partial charge in [-0.05, 0) is 32.0 Å². The summed E-state index contributed by atoms with van der Waals surface area (Å²) in [4.78, 5) is 16.0. The normalized spacial score (nSPS) is 12.0. The fraction of sp³-hybridized carbons (Fsp3) is 0.429. The van der Waals surface area contributed by atoms with Crippen LogP contribution >= 0.6 is 11.6 Å². The molecule has 0 aliphatic carbocycles. The number of aromatic nitrogens is 2. The Labute approximate surface area is 121 Å². The number of fused-ring (bicyclic) bond motifs is 1. The molecular formula is C14H17ClFN3O. The summed E-state index contributed by atoms with van der Waals surface area (Å²) in [5.41, 5.74) is 6.00. The van der Waals surface area contributed by atoms with E-state index >= 15 is 0 Å². The summed E-state index contributed by atoms with van der Waals surface area (Å²) in [6, 6.07) is 4.40. The van der Waals surface area contributed by atoms with Gasteiger partial charge in [0.1, 0.15) is 11.6 Å². The molecule has 2 rings (SSSR count). The van der Waals surface area contributed by atoms with Crippen molar-refractivity contribution in [3.63, 3.8) is 0 Å². The lowest BCUT2D eigenvalue weighted by molar-refractivity contribution is -0.126. The van der Waals surface area contributed by atoms with Gasteiger partial charge in [0.25, 0.3) is 0 Å². The van der Waals surface area contributed by atoms with Gasteiger partial charge >= 0.3 is 0 Å². The molecule has 1 amide bonds. The summed E-state index contributed by atoms with van der Waals surface area (Å²) in [5, 5.41) is 0. The van der Waals surface area contributed by atoms with Crippen molar-refractivity contribution in [3.8, 4) is 0 Å². The molecule has 1 aromatic carbocycles. The molecular weight excluding hydrogens is 281 g/mol. The fourth-order valence-corrected chi connectivity index (χ4v) is 2.24. The minimum Gasteiger partial charge on any atom is -0.369 e. The van der Waals surface area contributed by atoms with E-state index in [1.54, 1.807) is 19.9 Å². The van der Waals surface area contributed by atoms with Crippen LogP contribution in [0.2, 0.25) is 0 Å². The molecule has 0 saturated heterocycles. The van der Waals surface area contributed by atoms with Crippen molar-refractivity contribution >= 4 is 28.5 Å². The first-order chi connectivity index (χ1) is 9.35. The predicted octanol–water partition coefficient (Wildman–Crippen LogP) is 2.47. The Morgan fingerprint density at radius 2 is 2.20 bits per heavy atom. The zero-order valence-corrected chi connectivity index (χ0v) is 12.2.